The number of hydrogen-bond donors (Lipinski definition) is 1. The minimum Gasteiger partial charge on any atom is -0.493 e. The van der Waals surface area contributed by atoms with Crippen LogP contribution in [0.3, 0.4) is 0 Å². The summed E-state index contributed by atoms with van der Waals surface area (Å²) in [6.07, 6.45) is 3.44. The lowest BCUT2D eigenvalue weighted by Crippen LogP contribution is -2.17. The zero-order valence-electron chi connectivity index (χ0n) is 14.9. The summed E-state index contributed by atoms with van der Waals surface area (Å²) in [5, 5.41) is 3.48. The Kier molecular flexibility index (Phi) is 6.71. The van der Waals surface area contributed by atoms with Crippen LogP contribution in [0.15, 0.2) is 48.5 Å². The first kappa shape index (κ1) is 17.8. The normalized spacial score (nSPS) is 16.8. The van der Waals surface area contributed by atoms with Crippen LogP contribution in [0.1, 0.15) is 24.0 Å². The van der Waals surface area contributed by atoms with Gasteiger partial charge in [0.25, 0.3) is 0 Å². The Bertz CT molecular complexity index is 639. The van der Waals surface area contributed by atoms with Gasteiger partial charge in [0.05, 0.1) is 13.2 Å². The van der Waals surface area contributed by atoms with Gasteiger partial charge in [0, 0.05) is 13.2 Å². The molecule has 0 aromatic heterocycles. The van der Waals surface area contributed by atoms with E-state index in [1.807, 2.05) is 18.2 Å². The van der Waals surface area contributed by atoms with Crippen molar-refractivity contribution in [2.75, 3.05) is 26.9 Å². The molecule has 1 aliphatic heterocycles. The van der Waals surface area contributed by atoms with E-state index in [0.29, 0.717) is 6.61 Å². The van der Waals surface area contributed by atoms with E-state index < -0.39 is 0 Å². The number of hydrogen-bond acceptors (Lipinski definition) is 4. The maximum Gasteiger partial charge on any atom is 0.161 e. The molecule has 2 aromatic carbocycles. The Morgan fingerprint density at radius 3 is 2.72 bits per heavy atom. The summed E-state index contributed by atoms with van der Waals surface area (Å²) in [6.45, 7) is 3.20. The van der Waals surface area contributed by atoms with Crippen molar-refractivity contribution in [2.45, 2.75) is 31.9 Å². The highest BCUT2D eigenvalue weighted by molar-refractivity contribution is 5.43. The molecule has 1 saturated heterocycles. The number of rotatable bonds is 9. The van der Waals surface area contributed by atoms with Gasteiger partial charge in [0.1, 0.15) is 6.61 Å². The van der Waals surface area contributed by atoms with Crippen LogP contribution in [0.5, 0.6) is 11.5 Å². The highest BCUT2D eigenvalue weighted by atomic mass is 16.5. The molecule has 0 radical (unpaired) electrons. The summed E-state index contributed by atoms with van der Waals surface area (Å²) >= 11 is 0. The fraction of sp³-hybridized carbons (Fsp3) is 0.429. The molecule has 4 nitrogen and oxygen atoms in total. The van der Waals surface area contributed by atoms with Crippen LogP contribution in [0.2, 0.25) is 0 Å². The Morgan fingerprint density at radius 1 is 1.08 bits per heavy atom. The predicted molar refractivity (Wildman–Crippen MR) is 99.3 cm³/mol. The average Bonchev–Trinajstić information content (AvgIpc) is 3.18. The summed E-state index contributed by atoms with van der Waals surface area (Å²) in [7, 11) is 1.68. The molecule has 1 heterocycles. The van der Waals surface area contributed by atoms with Crippen LogP contribution < -0.4 is 14.8 Å². The van der Waals surface area contributed by atoms with E-state index in [1.165, 1.54) is 11.1 Å². The van der Waals surface area contributed by atoms with Gasteiger partial charge < -0.3 is 19.5 Å². The van der Waals surface area contributed by atoms with E-state index in [0.717, 1.165) is 50.5 Å². The second-order valence-corrected chi connectivity index (χ2v) is 6.34. The Labute approximate surface area is 150 Å². The highest BCUT2D eigenvalue weighted by Gasteiger charge is 2.17. The lowest BCUT2D eigenvalue weighted by molar-refractivity contribution is 0.0669. The smallest absolute Gasteiger partial charge is 0.161 e. The van der Waals surface area contributed by atoms with Crippen molar-refractivity contribution in [1.29, 1.82) is 0 Å². The van der Waals surface area contributed by atoms with Gasteiger partial charge >= 0.3 is 0 Å². The summed E-state index contributed by atoms with van der Waals surface area (Å²) in [4.78, 5) is 0. The standard InChI is InChI=1S/C21H27NO3/c1-23-21-14-18(15-22-12-11-17-6-3-2-4-7-17)9-10-20(21)25-16-19-8-5-13-24-19/h2-4,6-7,9-10,14,19,22H,5,8,11-13,15-16H2,1H3. The van der Waals surface area contributed by atoms with Gasteiger partial charge in [-0.1, -0.05) is 36.4 Å². The molecule has 3 rings (SSSR count). The van der Waals surface area contributed by atoms with Crippen LogP contribution in [0, 0.1) is 0 Å². The van der Waals surface area contributed by atoms with E-state index in [1.54, 1.807) is 7.11 Å². The summed E-state index contributed by atoms with van der Waals surface area (Å²) in [5.74, 6) is 1.56. The van der Waals surface area contributed by atoms with Gasteiger partial charge in [0.15, 0.2) is 11.5 Å². The van der Waals surface area contributed by atoms with Crippen molar-refractivity contribution >= 4 is 0 Å². The fourth-order valence-electron chi connectivity index (χ4n) is 3.01. The Hall–Kier alpha value is -2.04. The Morgan fingerprint density at radius 2 is 1.96 bits per heavy atom. The van der Waals surface area contributed by atoms with Crippen LogP contribution >= 0.6 is 0 Å². The minimum absolute atomic E-state index is 0.212. The van der Waals surface area contributed by atoms with Crippen LogP contribution in [0.4, 0.5) is 0 Å². The lowest BCUT2D eigenvalue weighted by atomic mass is 10.1. The van der Waals surface area contributed by atoms with Gasteiger partial charge in [-0.25, -0.2) is 0 Å². The lowest BCUT2D eigenvalue weighted by Gasteiger charge is -2.15. The van der Waals surface area contributed by atoms with Crippen molar-refractivity contribution in [3.63, 3.8) is 0 Å². The first-order chi connectivity index (χ1) is 12.3. The molecule has 4 heteroatoms. The van der Waals surface area contributed by atoms with Crippen molar-refractivity contribution < 1.29 is 14.2 Å². The third-order valence-electron chi connectivity index (χ3n) is 4.44. The van der Waals surface area contributed by atoms with Crippen molar-refractivity contribution in [1.82, 2.24) is 5.32 Å². The van der Waals surface area contributed by atoms with E-state index in [-0.39, 0.29) is 6.10 Å². The minimum atomic E-state index is 0.212. The molecule has 2 aromatic rings. The first-order valence-electron chi connectivity index (χ1n) is 9.01. The van der Waals surface area contributed by atoms with Gasteiger partial charge in [-0.15, -0.1) is 0 Å². The largest absolute Gasteiger partial charge is 0.493 e. The van der Waals surface area contributed by atoms with Gasteiger partial charge in [0.2, 0.25) is 0 Å². The second kappa shape index (κ2) is 9.44. The number of methoxy groups -OCH3 is 1. The van der Waals surface area contributed by atoms with Crippen LogP contribution in [-0.4, -0.2) is 33.0 Å². The van der Waals surface area contributed by atoms with Gasteiger partial charge in [-0.3, -0.25) is 0 Å². The molecule has 0 saturated carbocycles. The molecule has 0 amide bonds. The molecular formula is C21H27NO3. The third kappa shape index (κ3) is 5.48. The molecule has 0 aliphatic carbocycles. The number of nitrogens with one attached hydrogen (secondary N) is 1. The maximum absolute atomic E-state index is 5.88. The molecule has 1 unspecified atom stereocenters. The van der Waals surface area contributed by atoms with E-state index in [4.69, 9.17) is 14.2 Å². The van der Waals surface area contributed by atoms with Gasteiger partial charge in [-0.05, 0) is 49.1 Å². The average molecular weight is 341 g/mol. The van der Waals surface area contributed by atoms with Crippen molar-refractivity contribution in [3.05, 3.63) is 59.7 Å². The molecule has 1 atom stereocenters. The van der Waals surface area contributed by atoms with Gasteiger partial charge in [-0.2, -0.15) is 0 Å². The molecule has 1 N–H and O–H groups in total. The van der Waals surface area contributed by atoms with Crippen LogP contribution in [0.25, 0.3) is 0 Å². The zero-order valence-corrected chi connectivity index (χ0v) is 14.9. The quantitative estimate of drug-likeness (QED) is 0.708. The zero-order chi connectivity index (χ0) is 17.3. The summed E-state index contributed by atoms with van der Waals surface area (Å²) < 4.78 is 17.0. The number of benzene rings is 2. The Balaban J connectivity index is 1.46. The molecular weight excluding hydrogens is 314 g/mol. The van der Waals surface area contributed by atoms with Crippen LogP contribution in [-0.2, 0) is 17.7 Å². The molecule has 1 aliphatic rings. The SMILES string of the molecule is COc1cc(CNCCc2ccccc2)ccc1OCC1CCCO1. The highest BCUT2D eigenvalue weighted by Crippen LogP contribution is 2.29. The van der Waals surface area contributed by atoms with E-state index in [9.17, 15) is 0 Å². The van der Waals surface area contributed by atoms with E-state index >= 15 is 0 Å². The van der Waals surface area contributed by atoms with Crippen molar-refractivity contribution in [3.8, 4) is 11.5 Å². The maximum atomic E-state index is 5.88. The summed E-state index contributed by atoms with van der Waals surface area (Å²) in [6, 6.07) is 16.6. The van der Waals surface area contributed by atoms with Crippen molar-refractivity contribution in [2.24, 2.45) is 0 Å². The fourth-order valence-corrected chi connectivity index (χ4v) is 3.01. The molecule has 134 valence electrons. The predicted octanol–water partition coefficient (Wildman–Crippen LogP) is 3.59. The molecule has 25 heavy (non-hydrogen) atoms. The third-order valence-corrected chi connectivity index (χ3v) is 4.44. The summed E-state index contributed by atoms with van der Waals surface area (Å²) in [5.41, 5.74) is 2.54. The first-order valence-corrected chi connectivity index (χ1v) is 9.01. The second-order valence-electron chi connectivity index (χ2n) is 6.34. The van der Waals surface area contributed by atoms with E-state index in [2.05, 4.69) is 35.6 Å². The topological polar surface area (TPSA) is 39.7 Å². The molecule has 1 fully saturated rings. The number of ether oxygens (including phenoxy) is 3. The molecule has 0 spiro atoms. The molecule has 0 bridgehead atoms. The monoisotopic (exact) mass is 341 g/mol.